The Kier molecular flexibility index (Phi) is 7.68. The molecule has 0 spiro atoms. The SMILES string of the molecule is CCNC(=NCc1cccc(C)c1)NCCc1ccc(NC(C)=O)cc1. The molecule has 0 aliphatic heterocycles. The number of guanidine groups is 1. The molecule has 0 aromatic heterocycles. The summed E-state index contributed by atoms with van der Waals surface area (Å²) in [5.41, 5.74) is 4.48. The fourth-order valence-corrected chi connectivity index (χ4v) is 2.61. The van der Waals surface area contributed by atoms with Crippen LogP contribution in [0.25, 0.3) is 0 Å². The van der Waals surface area contributed by atoms with Crippen LogP contribution < -0.4 is 16.0 Å². The van der Waals surface area contributed by atoms with Crippen molar-refractivity contribution in [3.63, 3.8) is 0 Å². The van der Waals surface area contributed by atoms with Crippen LogP contribution in [0.5, 0.6) is 0 Å². The van der Waals surface area contributed by atoms with Crippen molar-refractivity contribution in [3.05, 3.63) is 65.2 Å². The summed E-state index contributed by atoms with van der Waals surface area (Å²) >= 11 is 0. The second-order valence-electron chi connectivity index (χ2n) is 6.24. The van der Waals surface area contributed by atoms with E-state index in [9.17, 15) is 4.79 Å². The van der Waals surface area contributed by atoms with Gasteiger partial charge in [-0.2, -0.15) is 0 Å². The molecular formula is C21H28N4O. The van der Waals surface area contributed by atoms with Crippen molar-refractivity contribution in [2.24, 2.45) is 4.99 Å². The Balaban J connectivity index is 1.85. The summed E-state index contributed by atoms with van der Waals surface area (Å²) < 4.78 is 0. The summed E-state index contributed by atoms with van der Waals surface area (Å²) in [6.07, 6.45) is 0.884. The molecule has 2 rings (SSSR count). The lowest BCUT2D eigenvalue weighted by atomic mass is 10.1. The maximum Gasteiger partial charge on any atom is 0.221 e. The molecule has 0 aliphatic rings. The van der Waals surface area contributed by atoms with E-state index >= 15 is 0 Å². The molecule has 2 aromatic rings. The number of rotatable bonds is 7. The van der Waals surface area contributed by atoms with Crippen molar-refractivity contribution in [2.45, 2.75) is 33.7 Å². The zero-order chi connectivity index (χ0) is 18.8. The van der Waals surface area contributed by atoms with Crippen molar-refractivity contribution >= 4 is 17.6 Å². The highest BCUT2D eigenvalue weighted by Gasteiger charge is 2.00. The first kappa shape index (κ1) is 19.5. The van der Waals surface area contributed by atoms with E-state index in [2.05, 4.69) is 59.1 Å². The van der Waals surface area contributed by atoms with Crippen molar-refractivity contribution in [2.75, 3.05) is 18.4 Å². The summed E-state index contributed by atoms with van der Waals surface area (Å²) in [5, 5.41) is 9.42. The standard InChI is InChI=1S/C21H28N4O/c1-4-22-21(24-15-19-7-5-6-16(2)14-19)23-13-12-18-8-10-20(11-9-18)25-17(3)26/h5-11,14H,4,12-13,15H2,1-3H3,(H,25,26)(H2,22,23,24). The number of aryl methyl sites for hydroxylation is 1. The Morgan fingerprint density at radius 3 is 2.46 bits per heavy atom. The van der Waals surface area contributed by atoms with E-state index in [-0.39, 0.29) is 5.91 Å². The van der Waals surface area contributed by atoms with Crippen molar-refractivity contribution in [1.29, 1.82) is 0 Å². The molecule has 0 heterocycles. The lowest BCUT2D eigenvalue weighted by Crippen LogP contribution is -2.38. The summed E-state index contributed by atoms with van der Waals surface area (Å²) in [6, 6.07) is 16.3. The molecular weight excluding hydrogens is 324 g/mol. The zero-order valence-electron chi connectivity index (χ0n) is 15.8. The van der Waals surface area contributed by atoms with Crippen molar-refractivity contribution < 1.29 is 4.79 Å². The maximum absolute atomic E-state index is 11.0. The number of nitrogens with zero attached hydrogens (tertiary/aromatic N) is 1. The molecule has 5 heteroatoms. The number of anilines is 1. The third-order valence-electron chi connectivity index (χ3n) is 3.83. The highest BCUT2D eigenvalue weighted by atomic mass is 16.1. The van der Waals surface area contributed by atoms with Crippen molar-refractivity contribution in [1.82, 2.24) is 10.6 Å². The number of amides is 1. The molecule has 26 heavy (non-hydrogen) atoms. The molecule has 0 saturated carbocycles. The first-order valence-electron chi connectivity index (χ1n) is 9.01. The van der Waals surface area contributed by atoms with E-state index < -0.39 is 0 Å². The van der Waals surface area contributed by atoms with Gasteiger partial charge >= 0.3 is 0 Å². The normalized spacial score (nSPS) is 11.1. The number of hydrogen-bond donors (Lipinski definition) is 3. The number of aliphatic imine (C=N–C) groups is 1. The van der Waals surface area contributed by atoms with Crippen molar-refractivity contribution in [3.8, 4) is 0 Å². The van der Waals surface area contributed by atoms with Gasteiger partial charge < -0.3 is 16.0 Å². The monoisotopic (exact) mass is 352 g/mol. The summed E-state index contributed by atoms with van der Waals surface area (Å²) in [6.45, 7) is 7.93. The molecule has 1 amide bonds. The van der Waals surface area contributed by atoms with Crippen LogP contribution in [0.4, 0.5) is 5.69 Å². The largest absolute Gasteiger partial charge is 0.357 e. The molecule has 5 nitrogen and oxygen atoms in total. The quantitative estimate of drug-likeness (QED) is 0.529. The second-order valence-corrected chi connectivity index (χ2v) is 6.24. The molecule has 3 N–H and O–H groups in total. The van der Waals surface area contributed by atoms with E-state index in [4.69, 9.17) is 0 Å². The molecule has 0 aliphatic carbocycles. The molecule has 2 aromatic carbocycles. The predicted octanol–water partition coefficient (Wildman–Crippen LogP) is 3.25. The van der Waals surface area contributed by atoms with Crippen LogP contribution in [-0.2, 0) is 17.8 Å². The van der Waals surface area contributed by atoms with E-state index in [1.165, 1.54) is 23.6 Å². The van der Waals surface area contributed by atoms with E-state index in [1.807, 2.05) is 24.3 Å². The van der Waals surface area contributed by atoms with Gasteiger partial charge in [-0.05, 0) is 43.5 Å². The van der Waals surface area contributed by atoms with Gasteiger partial charge in [0.05, 0.1) is 6.54 Å². The van der Waals surface area contributed by atoms with Gasteiger partial charge in [-0.3, -0.25) is 4.79 Å². The predicted molar refractivity (Wildman–Crippen MR) is 108 cm³/mol. The molecule has 0 fully saturated rings. The van der Waals surface area contributed by atoms with E-state index in [0.717, 1.165) is 31.2 Å². The van der Waals surface area contributed by atoms with Gasteiger partial charge in [0, 0.05) is 25.7 Å². The molecule has 0 bridgehead atoms. The second kappa shape index (κ2) is 10.2. The smallest absolute Gasteiger partial charge is 0.221 e. The fourth-order valence-electron chi connectivity index (χ4n) is 2.61. The highest BCUT2D eigenvalue weighted by molar-refractivity contribution is 5.88. The van der Waals surface area contributed by atoms with Crippen LogP contribution in [0.2, 0.25) is 0 Å². The van der Waals surface area contributed by atoms with Gasteiger partial charge in [-0.15, -0.1) is 0 Å². The topological polar surface area (TPSA) is 65.5 Å². The molecule has 0 atom stereocenters. The lowest BCUT2D eigenvalue weighted by Gasteiger charge is -2.12. The number of carbonyl (C=O) groups excluding carboxylic acids is 1. The van der Waals surface area contributed by atoms with Crippen LogP contribution in [0.3, 0.4) is 0 Å². The van der Waals surface area contributed by atoms with Gasteiger partial charge in [0.15, 0.2) is 5.96 Å². The first-order chi connectivity index (χ1) is 12.6. The average molecular weight is 352 g/mol. The van der Waals surface area contributed by atoms with E-state index in [0.29, 0.717) is 6.54 Å². The molecule has 138 valence electrons. The van der Waals surface area contributed by atoms with E-state index in [1.54, 1.807) is 0 Å². The molecule has 0 saturated heterocycles. The summed E-state index contributed by atoms with van der Waals surface area (Å²) in [4.78, 5) is 15.7. The van der Waals surface area contributed by atoms with Gasteiger partial charge in [0.25, 0.3) is 0 Å². The molecule has 0 radical (unpaired) electrons. The van der Waals surface area contributed by atoms with Crippen LogP contribution >= 0.6 is 0 Å². The maximum atomic E-state index is 11.0. The van der Waals surface area contributed by atoms with Crippen LogP contribution in [-0.4, -0.2) is 25.0 Å². The lowest BCUT2D eigenvalue weighted by molar-refractivity contribution is -0.114. The number of benzene rings is 2. The molecule has 0 unspecified atom stereocenters. The summed E-state index contributed by atoms with van der Waals surface area (Å²) in [7, 11) is 0. The number of carbonyl (C=O) groups is 1. The minimum absolute atomic E-state index is 0.0560. The Morgan fingerprint density at radius 2 is 1.81 bits per heavy atom. The third-order valence-corrected chi connectivity index (χ3v) is 3.83. The number of hydrogen-bond acceptors (Lipinski definition) is 2. The Labute approximate surface area is 155 Å². The Morgan fingerprint density at radius 1 is 1.04 bits per heavy atom. The fraction of sp³-hybridized carbons (Fsp3) is 0.333. The zero-order valence-corrected chi connectivity index (χ0v) is 15.8. The minimum Gasteiger partial charge on any atom is -0.357 e. The summed E-state index contributed by atoms with van der Waals surface area (Å²) in [5.74, 6) is 0.767. The van der Waals surface area contributed by atoms with Gasteiger partial charge in [0.2, 0.25) is 5.91 Å². The Bertz CT molecular complexity index is 738. The highest BCUT2D eigenvalue weighted by Crippen LogP contribution is 2.09. The third kappa shape index (κ3) is 6.97. The Hall–Kier alpha value is -2.82. The van der Waals surface area contributed by atoms with Crippen LogP contribution in [0, 0.1) is 6.92 Å². The number of nitrogens with one attached hydrogen (secondary N) is 3. The first-order valence-corrected chi connectivity index (χ1v) is 9.01. The van der Waals surface area contributed by atoms with Crippen LogP contribution in [0.1, 0.15) is 30.5 Å². The average Bonchev–Trinajstić information content (AvgIpc) is 2.61. The van der Waals surface area contributed by atoms with Crippen LogP contribution in [0.15, 0.2) is 53.5 Å². The minimum atomic E-state index is -0.0560. The van der Waals surface area contributed by atoms with Gasteiger partial charge in [-0.1, -0.05) is 42.0 Å². The van der Waals surface area contributed by atoms with Gasteiger partial charge in [-0.25, -0.2) is 4.99 Å². The van der Waals surface area contributed by atoms with Gasteiger partial charge in [0.1, 0.15) is 0 Å².